The van der Waals surface area contributed by atoms with E-state index in [1.54, 1.807) is 10.9 Å². The second-order valence-corrected chi connectivity index (χ2v) is 4.79. The zero-order valence-corrected chi connectivity index (χ0v) is 11.2. The van der Waals surface area contributed by atoms with Crippen LogP contribution in [0.5, 0.6) is 0 Å². The monoisotopic (exact) mass is 254 g/mol. The summed E-state index contributed by atoms with van der Waals surface area (Å²) < 4.78 is 1.70. The Morgan fingerprint density at radius 2 is 2.22 bits per heavy atom. The van der Waals surface area contributed by atoms with Crippen molar-refractivity contribution in [3.63, 3.8) is 0 Å². The van der Waals surface area contributed by atoms with Gasteiger partial charge in [0.1, 0.15) is 0 Å². The third kappa shape index (κ3) is 5.18. The standard InChI is InChI=1S/C12H22N4O2/c1-9(2)6-11(17)8-14-12(18)13-7-10-4-5-15-16(10)3/h4-5,9,11,17H,6-8H2,1-3H3,(H2,13,14,18). The molecule has 0 aliphatic rings. The predicted molar refractivity (Wildman–Crippen MR) is 68.9 cm³/mol. The second kappa shape index (κ2) is 7.00. The van der Waals surface area contributed by atoms with Gasteiger partial charge < -0.3 is 15.7 Å². The van der Waals surface area contributed by atoms with E-state index in [2.05, 4.69) is 15.7 Å². The zero-order chi connectivity index (χ0) is 13.5. The molecule has 3 N–H and O–H groups in total. The van der Waals surface area contributed by atoms with Gasteiger partial charge in [0.05, 0.1) is 18.3 Å². The average molecular weight is 254 g/mol. The number of aryl methyl sites for hydroxylation is 1. The van der Waals surface area contributed by atoms with Gasteiger partial charge >= 0.3 is 6.03 Å². The molecule has 1 aromatic heterocycles. The smallest absolute Gasteiger partial charge is 0.315 e. The Morgan fingerprint density at radius 1 is 1.50 bits per heavy atom. The molecule has 0 aromatic carbocycles. The van der Waals surface area contributed by atoms with E-state index >= 15 is 0 Å². The number of carbonyl (C=O) groups is 1. The molecule has 1 aromatic rings. The molecular formula is C12H22N4O2. The summed E-state index contributed by atoms with van der Waals surface area (Å²) in [5.41, 5.74) is 0.924. The summed E-state index contributed by atoms with van der Waals surface area (Å²) in [6.07, 6.45) is 1.87. The summed E-state index contributed by atoms with van der Waals surface area (Å²) >= 11 is 0. The van der Waals surface area contributed by atoms with Crippen molar-refractivity contribution in [2.75, 3.05) is 6.54 Å². The normalized spacial score (nSPS) is 12.5. The molecule has 0 bridgehead atoms. The lowest BCUT2D eigenvalue weighted by molar-refractivity contribution is 0.147. The van der Waals surface area contributed by atoms with Crippen LogP contribution in [0.1, 0.15) is 26.0 Å². The predicted octanol–water partition coefficient (Wildman–Crippen LogP) is 0.626. The fraction of sp³-hybridized carbons (Fsp3) is 0.667. The van der Waals surface area contributed by atoms with Crippen molar-refractivity contribution in [3.05, 3.63) is 18.0 Å². The van der Waals surface area contributed by atoms with Crippen molar-refractivity contribution < 1.29 is 9.90 Å². The number of aromatic nitrogens is 2. The Labute approximate surface area is 107 Å². The number of urea groups is 1. The van der Waals surface area contributed by atoms with Crippen molar-refractivity contribution >= 4 is 6.03 Å². The third-order valence-corrected chi connectivity index (χ3v) is 2.59. The third-order valence-electron chi connectivity index (χ3n) is 2.59. The van der Waals surface area contributed by atoms with E-state index < -0.39 is 6.10 Å². The quantitative estimate of drug-likeness (QED) is 0.696. The van der Waals surface area contributed by atoms with Gasteiger partial charge in [0, 0.05) is 19.8 Å². The summed E-state index contributed by atoms with van der Waals surface area (Å²) in [6, 6.07) is 1.56. The Kier molecular flexibility index (Phi) is 5.64. The van der Waals surface area contributed by atoms with Crippen molar-refractivity contribution in [2.24, 2.45) is 13.0 Å². The Hall–Kier alpha value is -1.56. The van der Waals surface area contributed by atoms with E-state index in [1.165, 1.54) is 0 Å². The Bertz CT molecular complexity index is 376. The lowest BCUT2D eigenvalue weighted by atomic mass is 10.1. The molecule has 102 valence electrons. The molecule has 0 saturated heterocycles. The van der Waals surface area contributed by atoms with Crippen molar-refractivity contribution in [1.82, 2.24) is 20.4 Å². The number of amides is 2. The summed E-state index contributed by atoms with van der Waals surface area (Å²) in [5, 5.41) is 19.0. The number of nitrogens with zero attached hydrogens (tertiary/aromatic N) is 2. The first-order valence-corrected chi connectivity index (χ1v) is 6.15. The number of hydrogen-bond donors (Lipinski definition) is 3. The van der Waals surface area contributed by atoms with Gasteiger partial charge in [-0.15, -0.1) is 0 Å². The Morgan fingerprint density at radius 3 is 2.78 bits per heavy atom. The molecule has 0 aliphatic heterocycles. The zero-order valence-electron chi connectivity index (χ0n) is 11.2. The van der Waals surface area contributed by atoms with Crippen LogP contribution in [0.25, 0.3) is 0 Å². The number of carbonyl (C=O) groups excluding carboxylic acids is 1. The van der Waals surface area contributed by atoms with Crippen LogP contribution in [0.4, 0.5) is 4.79 Å². The van der Waals surface area contributed by atoms with E-state index in [-0.39, 0.29) is 12.6 Å². The van der Waals surface area contributed by atoms with Gasteiger partial charge in [-0.2, -0.15) is 5.10 Å². The molecule has 0 fully saturated rings. The highest BCUT2D eigenvalue weighted by Gasteiger charge is 2.09. The maximum absolute atomic E-state index is 11.5. The van der Waals surface area contributed by atoms with E-state index in [4.69, 9.17) is 0 Å². The SMILES string of the molecule is CC(C)CC(O)CNC(=O)NCc1ccnn1C. The lowest BCUT2D eigenvalue weighted by Gasteiger charge is -2.14. The summed E-state index contributed by atoms with van der Waals surface area (Å²) in [6.45, 7) is 4.76. The molecule has 1 atom stereocenters. The average Bonchev–Trinajstić information content (AvgIpc) is 2.68. The summed E-state index contributed by atoms with van der Waals surface area (Å²) in [7, 11) is 1.82. The van der Waals surface area contributed by atoms with E-state index in [1.807, 2.05) is 27.0 Å². The topological polar surface area (TPSA) is 79.2 Å². The van der Waals surface area contributed by atoms with Gasteiger partial charge in [0.2, 0.25) is 0 Å². The van der Waals surface area contributed by atoms with Gasteiger partial charge in [-0.05, 0) is 18.4 Å². The van der Waals surface area contributed by atoms with Gasteiger partial charge in [-0.25, -0.2) is 4.79 Å². The lowest BCUT2D eigenvalue weighted by Crippen LogP contribution is -2.40. The van der Waals surface area contributed by atoms with Crippen molar-refractivity contribution in [3.8, 4) is 0 Å². The molecule has 6 heteroatoms. The highest BCUT2D eigenvalue weighted by Crippen LogP contribution is 2.03. The van der Waals surface area contributed by atoms with Gasteiger partial charge in [-0.3, -0.25) is 4.68 Å². The number of aliphatic hydroxyl groups excluding tert-OH is 1. The van der Waals surface area contributed by atoms with E-state index in [0.717, 1.165) is 5.69 Å². The fourth-order valence-electron chi connectivity index (χ4n) is 1.65. The molecule has 0 spiro atoms. The molecule has 1 rings (SSSR count). The van der Waals surface area contributed by atoms with Gasteiger partial charge in [0.15, 0.2) is 0 Å². The first kappa shape index (κ1) is 14.5. The van der Waals surface area contributed by atoms with Crippen molar-refractivity contribution in [1.29, 1.82) is 0 Å². The van der Waals surface area contributed by atoms with Crippen LogP contribution < -0.4 is 10.6 Å². The molecule has 1 heterocycles. The van der Waals surface area contributed by atoms with Crippen LogP contribution in [0.3, 0.4) is 0 Å². The van der Waals surface area contributed by atoms with Crippen molar-refractivity contribution in [2.45, 2.75) is 32.9 Å². The van der Waals surface area contributed by atoms with Crippen LogP contribution in [0.15, 0.2) is 12.3 Å². The number of hydrogen-bond acceptors (Lipinski definition) is 3. The molecule has 18 heavy (non-hydrogen) atoms. The number of nitrogens with one attached hydrogen (secondary N) is 2. The Balaban J connectivity index is 2.20. The van der Waals surface area contributed by atoms with Gasteiger partial charge in [0.25, 0.3) is 0 Å². The summed E-state index contributed by atoms with van der Waals surface area (Å²) in [4.78, 5) is 11.5. The highest BCUT2D eigenvalue weighted by atomic mass is 16.3. The molecule has 1 unspecified atom stereocenters. The summed E-state index contributed by atoms with van der Waals surface area (Å²) in [5.74, 6) is 0.416. The minimum Gasteiger partial charge on any atom is -0.391 e. The van der Waals surface area contributed by atoms with Gasteiger partial charge in [-0.1, -0.05) is 13.8 Å². The minimum absolute atomic E-state index is 0.273. The molecular weight excluding hydrogens is 232 g/mol. The number of aliphatic hydroxyl groups is 1. The van der Waals surface area contributed by atoms with Crippen LogP contribution in [-0.2, 0) is 13.6 Å². The molecule has 6 nitrogen and oxygen atoms in total. The first-order valence-electron chi connectivity index (χ1n) is 6.15. The molecule has 0 saturated carbocycles. The molecule has 2 amide bonds. The fourth-order valence-corrected chi connectivity index (χ4v) is 1.65. The second-order valence-electron chi connectivity index (χ2n) is 4.79. The van der Waals surface area contributed by atoms with E-state index in [9.17, 15) is 9.90 Å². The highest BCUT2D eigenvalue weighted by molar-refractivity contribution is 5.73. The maximum atomic E-state index is 11.5. The first-order chi connectivity index (χ1) is 8.49. The molecule has 0 radical (unpaired) electrons. The van der Waals surface area contributed by atoms with Crippen LogP contribution in [-0.4, -0.2) is 33.6 Å². The maximum Gasteiger partial charge on any atom is 0.315 e. The van der Waals surface area contributed by atoms with Crippen LogP contribution >= 0.6 is 0 Å². The largest absolute Gasteiger partial charge is 0.391 e. The minimum atomic E-state index is -0.493. The van der Waals surface area contributed by atoms with Crippen LogP contribution in [0, 0.1) is 5.92 Å². The number of rotatable bonds is 6. The van der Waals surface area contributed by atoms with E-state index in [0.29, 0.717) is 18.9 Å². The molecule has 0 aliphatic carbocycles. The van der Waals surface area contributed by atoms with Crippen LogP contribution in [0.2, 0.25) is 0 Å².